The Morgan fingerprint density at radius 2 is 2.07 bits per heavy atom. The fraction of sp³-hybridized carbons (Fsp3) is 0.200. The molecule has 0 amide bonds. The van der Waals surface area contributed by atoms with Gasteiger partial charge >= 0.3 is 0 Å². The Morgan fingerprint density at radius 3 is 2.60 bits per heavy atom. The van der Waals surface area contributed by atoms with Gasteiger partial charge in [-0.25, -0.2) is 0 Å². The smallest absolute Gasteiger partial charge is 0.0187 e. The number of hydrogen-bond acceptors (Lipinski definition) is 0. The molecule has 0 spiro atoms. The van der Waals surface area contributed by atoms with Gasteiger partial charge in [0.15, 0.2) is 0 Å². The molecule has 1 rings (SSSR count). The van der Waals surface area contributed by atoms with Crippen LogP contribution >= 0.6 is 0 Å². The highest BCUT2D eigenvalue weighted by Gasteiger charge is 1.96. The molecule has 0 heterocycles. The first kappa shape index (κ1) is 11.5. The molecule has 0 aliphatic carbocycles. The predicted octanol–water partition coefficient (Wildman–Crippen LogP) is 2.66. The quantitative estimate of drug-likeness (QED) is 0.700. The summed E-state index contributed by atoms with van der Waals surface area (Å²) >= 11 is 0. The van der Waals surface area contributed by atoms with Gasteiger partial charge in [0.05, 0.1) is 0 Å². The van der Waals surface area contributed by atoms with Crippen molar-refractivity contribution in [1.29, 1.82) is 0 Å². The zero-order chi connectivity index (χ0) is 11.3. The lowest BCUT2D eigenvalue weighted by Gasteiger charge is -2.03. The van der Waals surface area contributed by atoms with E-state index in [-0.39, 0.29) is 0 Å². The summed E-state index contributed by atoms with van der Waals surface area (Å²) in [5.74, 6) is 0. The van der Waals surface area contributed by atoms with Crippen LogP contribution in [-0.2, 0) is 6.42 Å². The summed E-state index contributed by atoms with van der Waals surface area (Å²) in [7, 11) is 0. The van der Waals surface area contributed by atoms with Crippen molar-refractivity contribution >= 4 is 18.7 Å². The first-order valence-corrected chi connectivity index (χ1v) is 5.30. The average Bonchev–Trinajstić information content (AvgIpc) is 2.22. The fourth-order valence-corrected chi connectivity index (χ4v) is 1.65. The van der Waals surface area contributed by atoms with Gasteiger partial charge in [-0.3, -0.25) is 0 Å². The lowest BCUT2D eigenvalue weighted by atomic mass is 10.0. The van der Waals surface area contributed by atoms with E-state index in [0.29, 0.717) is 0 Å². The highest BCUT2D eigenvalue weighted by atomic mass is 14.0. The maximum Gasteiger partial charge on any atom is -0.0187 e. The number of benzene rings is 1. The molecule has 0 N–H and O–H groups in total. The van der Waals surface area contributed by atoms with E-state index >= 15 is 0 Å². The van der Waals surface area contributed by atoms with Gasteiger partial charge in [0, 0.05) is 0 Å². The van der Waals surface area contributed by atoms with Gasteiger partial charge in [-0.2, -0.15) is 0 Å². The Labute approximate surface area is 92.0 Å². The SMILES string of the molecule is C=C/C=c1/cc(CC)c(/C=C\C)cc1=C. The fourth-order valence-electron chi connectivity index (χ4n) is 1.65. The zero-order valence-electron chi connectivity index (χ0n) is 9.59. The summed E-state index contributed by atoms with van der Waals surface area (Å²) in [4.78, 5) is 0. The van der Waals surface area contributed by atoms with E-state index in [9.17, 15) is 0 Å². The first-order chi connectivity index (χ1) is 7.22. The Kier molecular flexibility index (Phi) is 4.11. The van der Waals surface area contributed by atoms with Crippen LogP contribution in [0.5, 0.6) is 0 Å². The zero-order valence-corrected chi connectivity index (χ0v) is 9.59. The minimum Gasteiger partial charge on any atom is -0.0990 e. The standard InChI is InChI=1S/C15H18/c1-5-8-14-11-13(7-3)15(9-6-2)10-12(14)4/h5-6,8-11H,1,4,7H2,2-3H3/b9-6-,14-8-. The highest BCUT2D eigenvalue weighted by Crippen LogP contribution is 2.07. The van der Waals surface area contributed by atoms with Gasteiger partial charge in [-0.1, -0.05) is 50.5 Å². The Balaban J connectivity index is 3.49. The molecule has 0 radical (unpaired) electrons. The van der Waals surface area contributed by atoms with E-state index in [1.165, 1.54) is 11.1 Å². The Morgan fingerprint density at radius 1 is 1.33 bits per heavy atom. The highest BCUT2D eigenvalue weighted by molar-refractivity contribution is 5.55. The van der Waals surface area contributed by atoms with Crippen molar-refractivity contribution in [2.24, 2.45) is 0 Å². The molecule has 0 unspecified atom stereocenters. The second-order valence-electron chi connectivity index (χ2n) is 3.51. The summed E-state index contributed by atoms with van der Waals surface area (Å²) in [6.45, 7) is 12.0. The van der Waals surface area contributed by atoms with Gasteiger partial charge in [-0.05, 0) is 41.0 Å². The molecule has 0 aliphatic rings. The monoisotopic (exact) mass is 198 g/mol. The molecule has 0 aliphatic heterocycles. The molecule has 78 valence electrons. The molecule has 0 atom stereocenters. The molecule has 0 nitrogen and oxygen atoms in total. The van der Waals surface area contributed by atoms with Crippen molar-refractivity contribution in [3.63, 3.8) is 0 Å². The molecule has 15 heavy (non-hydrogen) atoms. The van der Waals surface area contributed by atoms with Crippen LogP contribution in [0.3, 0.4) is 0 Å². The summed E-state index contributed by atoms with van der Waals surface area (Å²) in [5, 5.41) is 2.22. The maximum atomic E-state index is 4.04. The van der Waals surface area contributed by atoms with Crippen LogP contribution in [0.25, 0.3) is 18.7 Å². The van der Waals surface area contributed by atoms with Gasteiger partial charge in [-0.15, -0.1) is 0 Å². The van der Waals surface area contributed by atoms with E-state index < -0.39 is 0 Å². The second-order valence-corrected chi connectivity index (χ2v) is 3.51. The van der Waals surface area contributed by atoms with Crippen molar-refractivity contribution in [3.8, 4) is 0 Å². The maximum absolute atomic E-state index is 4.04. The normalized spacial score (nSPS) is 12.3. The molecule has 1 aromatic rings. The van der Waals surface area contributed by atoms with E-state index in [4.69, 9.17) is 0 Å². The van der Waals surface area contributed by atoms with Crippen molar-refractivity contribution in [1.82, 2.24) is 0 Å². The van der Waals surface area contributed by atoms with Crippen LogP contribution in [0.1, 0.15) is 25.0 Å². The molecular weight excluding hydrogens is 180 g/mol. The summed E-state index contributed by atoms with van der Waals surface area (Å²) in [6, 6.07) is 4.33. The number of aryl methyl sites for hydroxylation is 1. The van der Waals surface area contributed by atoms with Crippen molar-refractivity contribution in [2.75, 3.05) is 0 Å². The van der Waals surface area contributed by atoms with E-state index in [1.807, 2.05) is 13.0 Å². The largest absolute Gasteiger partial charge is 0.0990 e. The topological polar surface area (TPSA) is 0 Å². The molecular formula is C15H18. The average molecular weight is 198 g/mol. The third-order valence-corrected chi connectivity index (χ3v) is 2.43. The van der Waals surface area contributed by atoms with Crippen molar-refractivity contribution < 1.29 is 0 Å². The molecule has 0 aromatic heterocycles. The minimum atomic E-state index is 1.04. The van der Waals surface area contributed by atoms with Gasteiger partial charge < -0.3 is 0 Å². The third-order valence-electron chi connectivity index (χ3n) is 2.43. The molecule has 1 aromatic carbocycles. The summed E-state index contributed by atoms with van der Waals surface area (Å²) in [5.41, 5.74) is 2.62. The van der Waals surface area contributed by atoms with Crippen molar-refractivity contribution in [2.45, 2.75) is 20.3 Å². The molecule has 0 heteroatoms. The first-order valence-electron chi connectivity index (χ1n) is 5.30. The van der Waals surface area contributed by atoms with Crippen LogP contribution in [0.4, 0.5) is 0 Å². The van der Waals surface area contributed by atoms with E-state index in [1.54, 1.807) is 6.08 Å². The molecule has 0 fully saturated rings. The van der Waals surface area contributed by atoms with Crippen LogP contribution in [0, 0.1) is 0 Å². The van der Waals surface area contributed by atoms with E-state index in [0.717, 1.165) is 16.9 Å². The summed E-state index contributed by atoms with van der Waals surface area (Å²) < 4.78 is 0. The lowest BCUT2D eigenvalue weighted by molar-refractivity contribution is 1.12. The number of allylic oxidation sites excluding steroid dienone is 2. The number of rotatable bonds is 3. The third kappa shape index (κ3) is 2.69. The second kappa shape index (κ2) is 5.35. The van der Waals surface area contributed by atoms with Gasteiger partial charge in [0.2, 0.25) is 0 Å². The van der Waals surface area contributed by atoms with Crippen LogP contribution < -0.4 is 10.4 Å². The van der Waals surface area contributed by atoms with Crippen molar-refractivity contribution in [3.05, 3.63) is 52.4 Å². The number of hydrogen-bond donors (Lipinski definition) is 0. The summed E-state index contributed by atoms with van der Waals surface area (Å²) in [6.07, 6.45) is 9.04. The Hall–Kier alpha value is -1.56. The van der Waals surface area contributed by atoms with Crippen LogP contribution in [0.2, 0.25) is 0 Å². The van der Waals surface area contributed by atoms with Crippen LogP contribution in [-0.4, -0.2) is 0 Å². The molecule has 0 saturated heterocycles. The Bertz CT molecular complexity index is 475. The minimum absolute atomic E-state index is 1.04. The lowest BCUT2D eigenvalue weighted by Crippen LogP contribution is -2.24. The van der Waals surface area contributed by atoms with Crippen LogP contribution in [0.15, 0.2) is 30.9 Å². The molecule has 0 saturated carbocycles. The van der Waals surface area contributed by atoms with Gasteiger partial charge in [0.1, 0.15) is 0 Å². The van der Waals surface area contributed by atoms with Gasteiger partial charge in [0.25, 0.3) is 0 Å². The predicted molar refractivity (Wildman–Crippen MR) is 70.0 cm³/mol. The van der Waals surface area contributed by atoms with E-state index in [2.05, 4.69) is 44.4 Å². The molecule has 0 bridgehead atoms.